The quantitative estimate of drug-likeness (QED) is 0.164. The first-order valence-corrected chi connectivity index (χ1v) is 21.6. The Labute approximate surface area is 363 Å². The molecule has 3 heterocycles. The van der Waals surface area contributed by atoms with Crippen LogP contribution in [-0.4, -0.2) is 9.13 Å². The molecule has 0 radical (unpaired) electrons. The van der Waals surface area contributed by atoms with Crippen molar-refractivity contribution in [2.45, 2.75) is 0 Å². The molecule has 0 fully saturated rings. The molecular formula is C60H38N2O. The van der Waals surface area contributed by atoms with E-state index in [1.807, 2.05) is 6.07 Å². The Balaban J connectivity index is 1.00. The van der Waals surface area contributed by atoms with Crippen LogP contribution < -0.4 is 0 Å². The molecule has 0 unspecified atom stereocenters. The van der Waals surface area contributed by atoms with Crippen LogP contribution in [0.3, 0.4) is 0 Å². The van der Waals surface area contributed by atoms with Crippen molar-refractivity contribution in [3.05, 3.63) is 231 Å². The van der Waals surface area contributed by atoms with Crippen molar-refractivity contribution in [3.8, 4) is 55.9 Å². The molecule has 3 aromatic heterocycles. The minimum atomic E-state index is 0.888. The standard InChI is InChI=1S/C60H38N2O/c1-4-16-39(17-5-1)44-34-45(40-18-6-2-7-19-40)36-46(35-44)61-52-25-13-10-22-47(52)50-37-42(28-30-54(50)61)43-29-31-55-51(38-43)48-23-11-14-26-53(48)62(55)56-32-33-58-60(49-24-12-15-27-57(49)63-58)59(56)41-20-8-3-9-21-41/h1-38H. The van der Waals surface area contributed by atoms with Crippen molar-refractivity contribution in [1.29, 1.82) is 0 Å². The van der Waals surface area contributed by atoms with Crippen LogP contribution in [0.4, 0.5) is 0 Å². The van der Waals surface area contributed by atoms with Gasteiger partial charge in [0.25, 0.3) is 0 Å². The average molecular weight is 803 g/mol. The van der Waals surface area contributed by atoms with Gasteiger partial charge in [-0.05, 0) is 112 Å². The summed E-state index contributed by atoms with van der Waals surface area (Å²) in [6.45, 7) is 0. The Bertz CT molecular complexity index is 3830. The lowest BCUT2D eigenvalue weighted by atomic mass is 9.97. The number of rotatable bonds is 6. The second kappa shape index (κ2) is 14.1. The van der Waals surface area contributed by atoms with Gasteiger partial charge >= 0.3 is 0 Å². The maximum atomic E-state index is 6.45. The highest BCUT2D eigenvalue weighted by Gasteiger charge is 2.22. The second-order valence-corrected chi connectivity index (χ2v) is 16.5. The fourth-order valence-corrected chi connectivity index (χ4v) is 10.1. The molecule has 0 amide bonds. The van der Waals surface area contributed by atoms with E-state index in [9.17, 15) is 0 Å². The smallest absolute Gasteiger partial charge is 0.136 e. The van der Waals surface area contributed by atoms with Crippen molar-refractivity contribution in [1.82, 2.24) is 9.13 Å². The Morgan fingerprint density at radius 2 is 0.746 bits per heavy atom. The zero-order valence-corrected chi connectivity index (χ0v) is 34.2. The van der Waals surface area contributed by atoms with Crippen LogP contribution >= 0.6 is 0 Å². The monoisotopic (exact) mass is 802 g/mol. The van der Waals surface area contributed by atoms with E-state index in [0.717, 1.165) is 50.0 Å². The van der Waals surface area contributed by atoms with Crippen LogP contribution in [0.25, 0.3) is 121 Å². The van der Waals surface area contributed by atoms with E-state index in [1.54, 1.807) is 0 Å². The maximum Gasteiger partial charge on any atom is 0.136 e. The molecule has 0 N–H and O–H groups in total. The average Bonchev–Trinajstić information content (AvgIpc) is 4.02. The van der Waals surface area contributed by atoms with E-state index in [1.165, 1.54) is 71.5 Å². The summed E-state index contributed by atoms with van der Waals surface area (Å²) < 4.78 is 11.3. The number of fused-ring (bicyclic) bond motifs is 9. The fraction of sp³-hybridized carbons (Fsp3) is 0. The van der Waals surface area contributed by atoms with Crippen molar-refractivity contribution in [2.24, 2.45) is 0 Å². The zero-order chi connectivity index (χ0) is 41.4. The molecule has 3 heteroatoms. The van der Waals surface area contributed by atoms with Gasteiger partial charge in [0.1, 0.15) is 11.2 Å². The largest absolute Gasteiger partial charge is 0.456 e. The summed E-state index contributed by atoms with van der Waals surface area (Å²) in [5.41, 5.74) is 18.2. The Hall–Kier alpha value is -8.40. The zero-order valence-electron chi connectivity index (χ0n) is 34.2. The molecule has 0 saturated heterocycles. The summed E-state index contributed by atoms with van der Waals surface area (Å²) in [6.07, 6.45) is 0. The molecule has 294 valence electrons. The molecule has 63 heavy (non-hydrogen) atoms. The summed E-state index contributed by atoms with van der Waals surface area (Å²) in [5.74, 6) is 0. The molecule has 0 bridgehead atoms. The van der Waals surface area contributed by atoms with E-state index in [-0.39, 0.29) is 0 Å². The van der Waals surface area contributed by atoms with Crippen molar-refractivity contribution < 1.29 is 4.42 Å². The maximum absolute atomic E-state index is 6.45. The van der Waals surface area contributed by atoms with E-state index in [0.29, 0.717) is 0 Å². The third-order valence-corrected chi connectivity index (χ3v) is 12.9. The molecule has 0 aliphatic carbocycles. The van der Waals surface area contributed by atoms with Crippen molar-refractivity contribution in [2.75, 3.05) is 0 Å². The molecule has 0 saturated carbocycles. The molecule has 13 rings (SSSR count). The van der Waals surface area contributed by atoms with E-state index >= 15 is 0 Å². The molecule has 13 aromatic rings. The van der Waals surface area contributed by atoms with Gasteiger partial charge in [-0.15, -0.1) is 0 Å². The molecule has 0 atom stereocenters. The van der Waals surface area contributed by atoms with Gasteiger partial charge in [-0.2, -0.15) is 0 Å². The van der Waals surface area contributed by atoms with E-state index in [2.05, 4.69) is 234 Å². The third kappa shape index (κ3) is 5.60. The lowest BCUT2D eigenvalue weighted by Gasteiger charge is -2.15. The van der Waals surface area contributed by atoms with Crippen LogP contribution in [0, 0.1) is 0 Å². The summed E-state index contributed by atoms with van der Waals surface area (Å²) in [6, 6.07) is 83.5. The Morgan fingerprint density at radius 1 is 0.270 bits per heavy atom. The summed E-state index contributed by atoms with van der Waals surface area (Å²) in [4.78, 5) is 0. The van der Waals surface area contributed by atoms with Gasteiger partial charge in [0.05, 0.1) is 27.8 Å². The molecular weight excluding hydrogens is 765 g/mol. The topological polar surface area (TPSA) is 23.0 Å². The van der Waals surface area contributed by atoms with Gasteiger partial charge < -0.3 is 13.6 Å². The van der Waals surface area contributed by atoms with Gasteiger partial charge in [0.15, 0.2) is 0 Å². The van der Waals surface area contributed by atoms with Crippen LogP contribution in [0.5, 0.6) is 0 Å². The number of para-hydroxylation sites is 3. The number of benzene rings is 10. The molecule has 3 nitrogen and oxygen atoms in total. The summed E-state index contributed by atoms with van der Waals surface area (Å²) in [7, 11) is 0. The first kappa shape index (κ1) is 35.4. The minimum Gasteiger partial charge on any atom is -0.456 e. The number of nitrogens with zero attached hydrogens (tertiary/aromatic N) is 2. The van der Waals surface area contributed by atoms with Gasteiger partial charge in [-0.3, -0.25) is 0 Å². The van der Waals surface area contributed by atoms with Crippen LogP contribution in [0.15, 0.2) is 235 Å². The van der Waals surface area contributed by atoms with E-state index in [4.69, 9.17) is 4.42 Å². The SMILES string of the molecule is c1ccc(-c2cc(-c3ccccc3)cc(-n3c4ccccc4c4cc(-c5ccc6c(c5)c5ccccc5n6-c5ccc6oc7ccccc7c6c5-c5ccccc5)ccc43)c2)cc1. The molecule has 0 spiro atoms. The summed E-state index contributed by atoms with van der Waals surface area (Å²) >= 11 is 0. The second-order valence-electron chi connectivity index (χ2n) is 16.5. The third-order valence-electron chi connectivity index (χ3n) is 12.9. The Morgan fingerprint density at radius 3 is 1.35 bits per heavy atom. The lowest BCUT2D eigenvalue weighted by molar-refractivity contribution is 0.669. The number of aromatic nitrogens is 2. The van der Waals surface area contributed by atoms with Crippen molar-refractivity contribution in [3.63, 3.8) is 0 Å². The first-order chi connectivity index (χ1) is 31.2. The van der Waals surface area contributed by atoms with Gasteiger partial charge in [0, 0.05) is 43.6 Å². The van der Waals surface area contributed by atoms with Crippen LogP contribution in [-0.2, 0) is 0 Å². The van der Waals surface area contributed by atoms with Gasteiger partial charge in [0.2, 0.25) is 0 Å². The van der Waals surface area contributed by atoms with E-state index < -0.39 is 0 Å². The van der Waals surface area contributed by atoms with Crippen LogP contribution in [0.1, 0.15) is 0 Å². The van der Waals surface area contributed by atoms with Crippen LogP contribution in [0.2, 0.25) is 0 Å². The van der Waals surface area contributed by atoms with Gasteiger partial charge in [-0.1, -0.05) is 158 Å². The van der Waals surface area contributed by atoms with Gasteiger partial charge in [-0.25, -0.2) is 0 Å². The molecule has 10 aromatic carbocycles. The summed E-state index contributed by atoms with van der Waals surface area (Å²) in [5, 5.41) is 7.14. The highest BCUT2D eigenvalue weighted by atomic mass is 16.3. The minimum absolute atomic E-state index is 0.888. The highest BCUT2D eigenvalue weighted by Crippen LogP contribution is 2.44. The number of furan rings is 1. The molecule has 0 aliphatic heterocycles. The molecule has 0 aliphatic rings. The normalized spacial score (nSPS) is 11.8. The predicted molar refractivity (Wildman–Crippen MR) is 264 cm³/mol. The number of hydrogen-bond acceptors (Lipinski definition) is 1. The Kier molecular flexibility index (Phi) is 7.91. The van der Waals surface area contributed by atoms with Crippen molar-refractivity contribution >= 4 is 65.6 Å². The predicted octanol–water partition coefficient (Wildman–Crippen LogP) is 16.4. The number of hydrogen-bond donors (Lipinski definition) is 0. The highest BCUT2D eigenvalue weighted by molar-refractivity contribution is 6.17. The fourth-order valence-electron chi connectivity index (χ4n) is 10.1. The first-order valence-electron chi connectivity index (χ1n) is 21.6. The lowest BCUT2D eigenvalue weighted by Crippen LogP contribution is -1.98.